The van der Waals surface area contributed by atoms with E-state index in [4.69, 9.17) is 14.7 Å². The zero-order chi connectivity index (χ0) is 50.6. The molecule has 9 aromatic carbocycles. The van der Waals surface area contributed by atoms with E-state index >= 15 is 0 Å². The number of nitrogens with zero attached hydrogens (tertiary/aromatic N) is 5. The molecule has 4 saturated carbocycles. The summed E-state index contributed by atoms with van der Waals surface area (Å²) in [4.78, 5) is 14.6. The Morgan fingerprint density at radius 3 is 1.95 bits per heavy atom. The van der Waals surface area contributed by atoms with Crippen LogP contribution in [-0.2, 0) is 26.5 Å². The summed E-state index contributed by atoms with van der Waals surface area (Å²) in [5.41, 5.74) is 12.1. The van der Waals surface area contributed by atoms with Gasteiger partial charge >= 0.3 is 0 Å². The maximum absolute atomic E-state index is 6.84. The van der Waals surface area contributed by atoms with Crippen molar-refractivity contribution in [2.75, 3.05) is 9.80 Å². The van der Waals surface area contributed by atoms with E-state index in [-0.39, 0.29) is 26.5 Å². The fourth-order valence-electron chi connectivity index (χ4n) is 15.0. The molecular weight excluding hydrogens is 1130 g/mol. The number of fused-ring (bicyclic) bond motifs is 7. The second-order valence-corrected chi connectivity index (χ2v) is 21.8. The Hall–Kier alpha value is -8.31. The zero-order valence-corrected chi connectivity index (χ0v) is 45.0. The molecule has 0 spiro atoms. The van der Waals surface area contributed by atoms with E-state index in [9.17, 15) is 0 Å². The van der Waals surface area contributed by atoms with Crippen LogP contribution >= 0.6 is 0 Å². The van der Waals surface area contributed by atoms with E-state index in [1.54, 1.807) is 0 Å². The van der Waals surface area contributed by atoms with E-state index < -0.39 is 0 Å². The van der Waals surface area contributed by atoms with Crippen LogP contribution in [0.15, 0.2) is 225 Å². The third kappa shape index (κ3) is 7.33. The van der Waals surface area contributed by atoms with Gasteiger partial charge in [-0.25, -0.2) is 9.97 Å². The molecule has 4 fully saturated rings. The summed E-state index contributed by atoms with van der Waals surface area (Å²) in [6.45, 7) is 2.13. The van der Waals surface area contributed by atoms with Gasteiger partial charge in [0.25, 0.3) is 0 Å². The molecule has 4 bridgehead atoms. The van der Waals surface area contributed by atoms with Gasteiger partial charge in [0.15, 0.2) is 0 Å². The Morgan fingerprint density at radius 2 is 1.17 bits per heavy atom. The molecule has 6 nitrogen and oxygen atoms in total. The average Bonchev–Trinajstić information content (AvgIpc) is 4.16. The molecule has 78 heavy (non-hydrogen) atoms. The van der Waals surface area contributed by atoms with Crippen LogP contribution in [0.3, 0.4) is 0 Å². The molecule has 1 aliphatic heterocycles. The van der Waals surface area contributed by atoms with Crippen molar-refractivity contribution >= 4 is 66.2 Å². The molecule has 5 aliphatic rings. The standard InChI is InChI=1S/C71H52N5O.Pt/c1-3-15-48(16-4-1)58-24-12-25-59(49-17-5-2-6-18-49)69(58)75-45-74(70-66(75)29-14-35-73-70)54-20-11-21-55(43-54)77-56-31-33-63-62-23-9-10-28-65(62)76(67(63)44-56)68-42-51(34-36-72-68)71(52-38-46-37-47(40-52)41-53(71)39-46)64-27-13-26-60-57-22-8-7-19-50(57)30-32-61(60)64;/h1-36,42,45-47,52-53H,37-41H2;/q-3;. The Bertz CT molecular complexity index is 4200. The SMILES string of the molecule is [Pt].[c-]1c(Oc2[c-]c3c(cc2)c2ccccc2n3-c2cc(C3(c4cccc5c4ccc4ccccc45)C4CC5CC(C4)CC3C5)ccn2)cccc1N1[CH-]N(c2c(-c3ccccc3)cccc2-c2ccccc2)c2cccnc21. The number of pyridine rings is 2. The number of para-hydroxylation sites is 2. The Morgan fingerprint density at radius 1 is 0.500 bits per heavy atom. The number of hydrogen-bond donors (Lipinski definition) is 0. The second-order valence-electron chi connectivity index (χ2n) is 21.8. The van der Waals surface area contributed by atoms with Gasteiger partial charge in [0.1, 0.15) is 11.6 Å². The molecule has 0 unspecified atom stereocenters. The van der Waals surface area contributed by atoms with E-state index in [1.165, 1.54) is 64.8 Å². The van der Waals surface area contributed by atoms with Gasteiger partial charge in [-0.05, 0) is 135 Å². The van der Waals surface area contributed by atoms with Gasteiger partial charge in [-0.2, -0.15) is 12.1 Å². The largest absolute Gasteiger partial charge is 0.509 e. The molecule has 4 heterocycles. The average molecular weight is 1190 g/mol. The summed E-state index contributed by atoms with van der Waals surface area (Å²) >= 11 is 0. The number of ether oxygens (including phenoxy) is 1. The predicted molar refractivity (Wildman–Crippen MR) is 312 cm³/mol. The second kappa shape index (κ2) is 18.7. The Balaban J connectivity index is 0.00000529. The molecule has 0 atom stereocenters. The molecule has 17 rings (SSSR count). The molecule has 0 amide bonds. The minimum Gasteiger partial charge on any atom is -0.509 e. The molecule has 4 aliphatic carbocycles. The first kappa shape index (κ1) is 46.9. The molecule has 380 valence electrons. The molecule has 0 radical (unpaired) electrons. The number of benzene rings is 9. The van der Waals surface area contributed by atoms with Gasteiger partial charge in [0.05, 0.1) is 5.69 Å². The van der Waals surface area contributed by atoms with Crippen molar-refractivity contribution in [3.63, 3.8) is 0 Å². The van der Waals surface area contributed by atoms with Crippen LogP contribution in [-0.4, -0.2) is 14.5 Å². The van der Waals surface area contributed by atoms with E-state index in [1.807, 2.05) is 30.5 Å². The Kier molecular flexibility index (Phi) is 11.3. The van der Waals surface area contributed by atoms with Crippen molar-refractivity contribution in [2.45, 2.75) is 37.5 Å². The summed E-state index contributed by atoms with van der Waals surface area (Å²) in [5.74, 6) is 5.64. The molecule has 12 aromatic rings. The van der Waals surface area contributed by atoms with Crippen LogP contribution in [0.5, 0.6) is 11.5 Å². The first-order valence-electron chi connectivity index (χ1n) is 27.3. The quantitative estimate of drug-likeness (QED) is 0.106. The van der Waals surface area contributed by atoms with Gasteiger partial charge < -0.3 is 19.1 Å². The van der Waals surface area contributed by atoms with Gasteiger partial charge in [0.2, 0.25) is 0 Å². The summed E-state index contributed by atoms with van der Waals surface area (Å²) < 4.78 is 9.15. The van der Waals surface area contributed by atoms with E-state index in [0.29, 0.717) is 23.3 Å². The summed E-state index contributed by atoms with van der Waals surface area (Å²) in [6, 6.07) is 83.9. The topological polar surface area (TPSA) is 46.4 Å². The number of rotatable bonds is 9. The molecule has 0 saturated heterocycles. The van der Waals surface area contributed by atoms with Crippen LogP contribution in [0.1, 0.15) is 43.2 Å². The summed E-state index contributed by atoms with van der Waals surface area (Å²) in [7, 11) is 0. The zero-order valence-electron chi connectivity index (χ0n) is 42.7. The minimum atomic E-state index is -0.139. The molecular formula is C71H52N5OPt-3. The van der Waals surface area contributed by atoms with Crippen molar-refractivity contribution in [1.29, 1.82) is 0 Å². The van der Waals surface area contributed by atoms with Crippen molar-refractivity contribution in [2.24, 2.45) is 23.7 Å². The molecule has 0 N–H and O–H groups in total. The smallest absolute Gasteiger partial charge is 0.135 e. The maximum atomic E-state index is 6.84. The van der Waals surface area contributed by atoms with Crippen molar-refractivity contribution < 1.29 is 25.8 Å². The van der Waals surface area contributed by atoms with Crippen molar-refractivity contribution in [1.82, 2.24) is 14.5 Å². The molecule has 7 heteroatoms. The van der Waals surface area contributed by atoms with Crippen LogP contribution in [0.25, 0.3) is 71.4 Å². The van der Waals surface area contributed by atoms with E-state index in [2.05, 4.69) is 227 Å². The van der Waals surface area contributed by atoms with Crippen LogP contribution in [0.4, 0.5) is 22.9 Å². The monoisotopic (exact) mass is 1190 g/mol. The maximum Gasteiger partial charge on any atom is 0.135 e. The van der Waals surface area contributed by atoms with Gasteiger partial charge in [-0.15, -0.1) is 42.4 Å². The first-order valence-corrected chi connectivity index (χ1v) is 27.3. The van der Waals surface area contributed by atoms with Crippen LogP contribution < -0.4 is 14.5 Å². The fourth-order valence-corrected chi connectivity index (χ4v) is 15.0. The van der Waals surface area contributed by atoms with Gasteiger partial charge in [0, 0.05) is 72.7 Å². The minimum absolute atomic E-state index is 0. The Labute approximate surface area is 468 Å². The van der Waals surface area contributed by atoms with Crippen molar-refractivity contribution in [3.05, 3.63) is 255 Å². The third-order valence-corrected chi connectivity index (χ3v) is 17.8. The fraction of sp³-hybridized carbons (Fsp3) is 0.141. The summed E-state index contributed by atoms with van der Waals surface area (Å²) in [6.07, 6.45) is 10.5. The number of hydrogen-bond acceptors (Lipinski definition) is 5. The van der Waals surface area contributed by atoms with Gasteiger partial charge in [-0.3, -0.25) is 0 Å². The predicted octanol–water partition coefficient (Wildman–Crippen LogP) is 17.8. The van der Waals surface area contributed by atoms with E-state index in [0.717, 1.165) is 84.6 Å². The molecule has 3 aromatic heterocycles. The number of anilines is 4. The first-order chi connectivity index (χ1) is 38.1. The van der Waals surface area contributed by atoms with Gasteiger partial charge in [-0.1, -0.05) is 163 Å². The van der Waals surface area contributed by atoms with Crippen molar-refractivity contribution in [3.8, 4) is 39.6 Å². The third-order valence-electron chi connectivity index (χ3n) is 17.8. The summed E-state index contributed by atoms with van der Waals surface area (Å²) in [5, 5.41) is 7.60. The normalized spacial score (nSPS) is 20.2. The number of aromatic nitrogens is 3. The van der Waals surface area contributed by atoms with Crippen LogP contribution in [0, 0.1) is 42.5 Å². The van der Waals surface area contributed by atoms with Crippen LogP contribution in [0.2, 0.25) is 0 Å².